The molecule has 3 nitrogen and oxygen atoms in total. The van der Waals surface area contributed by atoms with Crippen LogP contribution in [0.1, 0.15) is 13.3 Å². The highest BCUT2D eigenvalue weighted by molar-refractivity contribution is 5.69. The van der Waals surface area contributed by atoms with Gasteiger partial charge in [-0.05, 0) is 6.42 Å². The molecule has 0 radical (unpaired) electrons. The number of carbonyl (C=O) groups excluding carboxylic acids is 1. The summed E-state index contributed by atoms with van der Waals surface area (Å²) in [6, 6.07) is 0. The van der Waals surface area contributed by atoms with Gasteiger partial charge in [-0.1, -0.05) is 6.92 Å². The Labute approximate surface area is 65.3 Å². The molecule has 4 heteroatoms. The highest BCUT2D eigenvalue weighted by Gasteiger charge is 1.96. The topological polar surface area (TPSA) is 53.9 Å². The predicted molar refractivity (Wildman–Crippen MR) is 29.0 cm³/mol. The van der Waals surface area contributed by atoms with Crippen LogP contribution in [0.2, 0.25) is 0 Å². The first-order valence-corrected chi connectivity index (χ1v) is 2.76. The largest absolute Gasteiger partial charge is 1.00 e. The Balaban J connectivity index is 0. The van der Waals surface area contributed by atoms with Crippen molar-refractivity contribution in [2.45, 2.75) is 13.3 Å². The van der Waals surface area contributed by atoms with Gasteiger partial charge in [0.05, 0.1) is 6.61 Å². The van der Waals surface area contributed by atoms with Crippen LogP contribution in [0.25, 0.3) is 0 Å². The second-order valence-corrected chi connectivity index (χ2v) is 1.47. The van der Waals surface area contributed by atoms with E-state index in [0.29, 0.717) is 6.61 Å². The summed E-state index contributed by atoms with van der Waals surface area (Å²) in [6.07, 6.45) is 0.881. The van der Waals surface area contributed by atoms with Gasteiger partial charge in [0.15, 0.2) is 6.54 Å². The number of hydrogen-bond donors (Lipinski definition) is 1. The lowest BCUT2D eigenvalue weighted by atomic mass is 10.5. The molecule has 0 amide bonds. The molecule has 0 spiro atoms. The molecule has 0 bridgehead atoms. The second-order valence-electron chi connectivity index (χ2n) is 1.47. The number of halogens is 1. The minimum Gasteiger partial charge on any atom is -1.00 e. The van der Waals surface area contributed by atoms with Crippen LogP contribution >= 0.6 is 0 Å². The Morgan fingerprint density at radius 2 is 2.22 bits per heavy atom. The molecule has 9 heavy (non-hydrogen) atoms. The molecule has 0 saturated carbocycles. The van der Waals surface area contributed by atoms with Crippen LogP contribution in [0.3, 0.4) is 0 Å². The number of rotatable bonds is 3. The maximum absolute atomic E-state index is 10.3. The summed E-state index contributed by atoms with van der Waals surface area (Å²) in [5, 5.41) is 0. The molecule has 0 aliphatic heterocycles. The van der Waals surface area contributed by atoms with Crippen molar-refractivity contribution in [1.82, 2.24) is 0 Å². The van der Waals surface area contributed by atoms with Crippen LogP contribution in [0.15, 0.2) is 0 Å². The molecule has 0 heterocycles. The van der Waals surface area contributed by atoms with Crippen molar-refractivity contribution in [3.05, 3.63) is 0 Å². The Bertz CT molecular complexity index is 77.4. The minimum atomic E-state index is -0.216. The summed E-state index contributed by atoms with van der Waals surface area (Å²) in [6.45, 7) is 2.71. The predicted octanol–water partition coefficient (Wildman–Crippen LogP) is -3.81. The van der Waals surface area contributed by atoms with Gasteiger partial charge in [-0.15, -0.1) is 0 Å². The molecule has 0 fully saturated rings. The van der Waals surface area contributed by atoms with Crippen molar-refractivity contribution in [2.75, 3.05) is 13.2 Å². The fourth-order valence-electron chi connectivity index (χ4n) is 0.288. The normalized spacial score (nSPS) is 7.78. The average Bonchev–Trinajstić information content (AvgIpc) is 1.83. The van der Waals surface area contributed by atoms with Crippen molar-refractivity contribution in [2.24, 2.45) is 0 Å². The Morgan fingerprint density at radius 3 is 2.56 bits per heavy atom. The van der Waals surface area contributed by atoms with Crippen LogP contribution in [0, 0.1) is 0 Å². The smallest absolute Gasteiger partial charge is 0.361 e. The van der Waals surface area contributed by atoms with Gasteiger partial charge in [0.2, 0.25) is 0 Å². The van der Waals surface area contributed by atoms with Crippen molar-refractivity contribution in [1.29, 1.82) is 0 Å². The van der Waals surface area contributed by atoms with E-state index in [1.54, 1.807) is 0 Å². The summed E-state index contributed by atoms with van der Waals surface area (Å²) in [7, 11) is 0. The van der Waals surface area contributed by atoms with Crippen LogP contribution in [-0.2, 0) is 9.53 Å². The highest BCUT2D eigenvalue weighted by atomic mass is 79.9. The van der Waals surface area contributed by atoms with E-state index in [1.807, 2.05) is 6.92 Å². The molecule has 0 unspecified atom stereocenters. The SMILES string of the molecule is CCCOC(=O)C[NH3+].[Br-]. The molecule has 0 aliphatic rings. The zero-order chi connectivity index (χ0) is 6.41. The molecule has 0 rings (SSSR count). The number of hydrogen-bond acceptors (Lipinski definition) is 2. The van der Waals surface area contributed by atoms with E-state index >= 15 is 0 Å². The number of esters is 1. The zero-order valence-electron chi connectivity index (χ0n) is 5.52. The molecule has 0 aromatic rings. The Hall–Kier alpha value is -0.0900. The quantitative estimate of drug-likeness (QED) is 0.472. The molecule has 56 valence electrons. The first-order chi connectivity index (χ1) is 3.81. The number of ether oxygens (including phenoxy) is 1. The van der Waals surface area contributed by atoms with E-state index in [2.05, 4.69) is 10.5 Å². The second kappa shape index (κ2) is 7.91. The van der Waals surface area contributed by atoms with Crippen molar-refractivity contribution in [3.8, 4) is 0 Å². The van der Waals surface area contributed by atoms with Gasteiger partial charge in [-0.2, -0.15) is 0 Å². The molecule has 0 aliphatic carbocycles. The van der Waals surface area contributed by atoms with Crippen molar-refractivity contribution < 1.29 is 32.2 Å². The first kappa shape index (κ1) is 11.7. The van der Waals surface area contributed by atoms with E-state index in [-0.39, 0.29) is 29.5 Å². The lowest BCUT2D eigenvalue weighted by Gasteiger charge is -1.95. The van der Waals surface area contributed by atoms with Crippen molar-refractivity contribution in [3.63, 3.8) is 0 Å². The highest BCUT2D eigenvalue weighted by Crippen LogP contribution is 1.78. The van der Waals surface area contributed by atoms with Crippen LogP contribution < -0.4 is 22.7 Å². The standard InChI is InChI=1S/C5H11NO2.BrH/c1-2-3-8-5(7)4-6;/h2-4,6H2,1H3;1H. The van der Waals surface area contributed by atoms with Crippen LogP contribution in [0.5, 0.6) is 0 Å². The molecule has 0 aromatic heterocycles. The maximum Gasteiger partial charge on any atom is 0.361 e. The van der Waals surface area contributed by atoms with E-state index in [1.165, 1.54) is 0 Å². The third-order valence-electron chi connectivity index (χ3n) is 0.671. The van der Waals surface area contributed by atoms with E-state index < -0.39 is 0 Å². The number of carbonyl (C=O) groups is 1. The maximum atomic E-state index is 10.3. The number of quaternary nitrogens is 1. The summed E-state index contributed by atoms with van der Waals surface area (Å²) in [5.74, 6) is -0.216. The molecule has 3 N–H and O–H groups in total. The summed E-state index contributed by atoms with van der Waals surface area (Å²) >= 11 is 0. The average molecular weight is 198 g/mol. The Morgan fingerprint density at radius 1 is 1.67 bits per heavy atom. The first-order valence-electron chi connectivity index (χ1n) is 2.76. The third kappa shape index (κ3) is 7.91. The van der Waals surface area contributed by atoms with Gasteiger partial charge in [-0.3, -0.25) is 0 Å². The van der Waals surface area contributed by atoms with Gasteiger partial charge in [0.1, 0.15) is 0 Å². The zero-order valence-corrected chi connectivity index (χ0v) is 7.11. The molecule has 0 atom stereocenters. The van der Waals surface area contributed by atoms with Crippen LogP contribution in [-0.4, -0.2) is 19.1 Å². The van der Waals surface area contributed by atoms with Gasteiger partial charge in [0, 0.05) is 0 Å². The minimum absolute atomic E-state index is 0. The Kier molecular flexibility index (Phi) is 10.3. The van der Waals surface area contributed by atoms with Crippen LogP contribution in [0.4, 0.5) is 0 Å². The van der Waals surface area contributed by atoms with Gasteiger partial charge < -0.3 is 27.5 Å². The summed E-state index contributed by atoms with van der Waals surface area (Å²) in [5.41, 5.74) is 3.36. The molecule has 0 aromatic carbocycles. The summed E-state index contributed by atoms with van der Waals surface area (Å²) in [4.78, 5) is 10.3. The molecular formula is C5H12BrNO2. The van der Waals surface area contributed by atoms with Crippen molar-refractivity contribution >= 4 is 5.97 Å². The lowest BCUT2D eigenvalue weighted by Crippen LogP contribution is -3.00. The van der Waals surface area contributed by atoms with Gasteiger partial charge in [0.25, 0.3) is 0 Å². The third-order valence-corrected chi connectivity index (χ3v) is 0.671. The summed E-state index contributed by atoms with van der Waals surface area (Å²) < 4.78 is 4.64. The molecular weight excluding hydrogens is 186 g/mol. The lowest BCUT2D eigenvalue weighted by molar-refractivity contribution is -0.359. The van der Waals surface area contributed by atoms with E-state index in [9.17, 15) is 4.79 Å². The van der Waals surface area contributed by atoms with E-state index in [4.69, 9.17) is 0 Å². The fraction of sp³-hybridized carbons (Fsp3) is 0.800. The molecule has 0 saturated heterocycles. The van der Waals surface area contributed by atoms with Gasteiger partial charge in [-0.25, -0.2) is 4.79 Å². The monoisotopic (exact) mass is 197 g/mol. The fourth-order valence-corrected chi connectivity index (χ4v) is 0.288. The van der Waals surface area contributed by atoms with Gasteiger partial charge >= 0.3 is 5.97 Å². The van der Waals surface area contributed by atoms with E-state index in [0.717, 1.165) is 6.42 Å².